The average Bonchev–Trinajstić information content (AvgIpc) is 2.69. The van der Waals surface area contributed by atoms with Crippen molar-refractivity contribution in [3.8, 4) is 0 Å². The molecule has 96 valence electrons. The van der Waals surface area contributed by atoms with Crippen molar-refractivity contribution in [2.45, 2.75) is 45.1 Å². The molecule has 1 fully saturated rings. The molecule has 18 heavy (non-hydrogen) atoms. The molecule has 0 aromatic heterocycles. The predicted octanol–water partition coefficient (Wildman–Crippen LogP) is 3.20. The number of carbonyl (C=O) groups excluding carboxylic acids is 1. The summed E-state index contributed by atoms with van der Waals surface area (Å²) >= 11 is 0. The Morgan fingerprint density at radius 3 is 2.94 bits per heavy atom. The predicted molar refractivity (Wildman–Crippen MR) is 73.9 cm³/mol. The standard InChI is InChI=1S/C16H21NO/c1-12-10-13-6-2-4-8-15(13)17(12)11-14-7-3-5-9-16(14)18/h2,4,6,8,12,14H,3,5,7,9-11H2,1H3. The van der Waals surface area contributed by atoms with E-state index < -0.39 is 0 Å². The zero-order chi connectivity index (χ0) is 12.5. The highest BCUT2D eigenvalue weighted by Gasteiger charge is 2.30. The van der Waals surface area contributed by atoms with Crippen molar-refractivity contribution in [1.82, 2.24) is 0 Å². The first-order chi connectivity index (χ1) is 8.75. The average molecular weight is 243 g/mol. The third-order valence-electron chi connectivity index (χ3n) is 4.45. The number of Topliss-reactive ketones (excluding diaryl/α,β-unsaturated/α-hetero) is 1. The van der Waals surface area contributed by atoms with Crippen LogP contribution in [-0.4, -0.2) is 18.4 Å². The molecular weight excluding hydrogens is 222 g/mol. The van der Waals surface area contributed by atoms with Gasteiger partial charge in [-0.05, 0) is 37.8 Å². The molecule has 0 spiro atoms. The van der Waals surface area contributed by atoms with Crippen LogP contribution in [0.25, 0.3) is 0 Å². The smallest absolute Gasteiger partial charge is 0.137 e. The minimum Gasteiger partial charge on any atom is -0.368 e. The molecule has 0 saturated heterocycles. The first kappa shape index (κ1) is 11.8. The number of para-hydroxylation sites is 1. The van der Waals surface area contributed by atoms with E-state index in [9.17, 15) is 4.79 Å². The lowest BCUT2D eigenvalue weighted by molar-refractivity contribution is -0.124. The summed E-state index contributed by atoms with van der Waals surface area (Å²) < 4.78 is 0. The molecule has 1 aliphatic carbocycles. The van der Waals surface area contributed by atoms with Gasteiger partial charge in [0.1, 0.15) is 5.78 Å². The maximum absolute atomic E-state index is 12.0. The zero-order valence-electron chi connectivity index (χ0n) is 11.1. The number of rotatable bonds is 2. The summed E-state index contributed by atoms with van der Waals surface area (Å²) in [6.07, 6.45) is 5.33. The Labute approximate surface area is 109 Å². The summed E-state index contributed by atoms with van der Waals surface area (Å²) in [6.45, 7) is 3.20. The van der Waals surface area contributed by atoms with Crippen LogP contribution < -0.4 is 4.90 Å². The van der Waals surface area contributed by atoms with Gasteiger partial charge < -0.3 is 4.90 Å². The van der Waals surface area contributed by atoms with Gasteiger partial charge in [-0.3, -0.25) is 4.79 Å². The van der Waals surface area contributed by atoms with Gasteiger partial charge >= 0.3 is 0 Å². The van der Waals surface area contributed by atoms with Crippen molar-refractivity contribution in [3.63, 3.8) is 0 Å². The number of anilines is 1. The van der Waals surface area contributed by atoms with Crippen LogP contribution in [0.4, 0.5) is 5.69 Å². The highest BCUT2D eigenvalue weighted by atomic mass is 16.1. The lowest BCUT2D eigenvalue weighted by Crippen LogP contribution is -2.38. The molecule has 3 rings (SSSR count). The first-order valence-corrected chi connectivity index (χ1v) is 7.13. The fourth-order valence-corrected chi connectivity index (χ4v) is 3.39. The summed E-state index contributed by atoms with van der Waals surface area (Å²) in [6, 6.07) is 9.17. The first-order valence-electron chi connectivity index (χ1n) is 7.13. The zero-order valence-corrected chi connectivity index (χ0v) is 11.1. The van der Waals surface area contributed by atoms with E-state index in [1.165, 1.54) is 17.7 Å². The molecule has 0 amide bonds. The minimum absolute atomic E-state index is 0.271. The maximum Gasteiger partial charge on any atom is 0.137 e. The number of fused-ring (bicyclic) bond motifs is 1. The molecule has 1 heterocycles. The second-order valence-electron chi connectivity index (χ2n) is 5.74. The van der Waals surface area contributed by atoms with Gasteiger partial charge in [-0.2, -0.15) is 0 Å². The molecule has 2 unspecified atom stereocenters. The number of hydrogen-bond acceptors (Lipinski definition) is 2. The van der Waals surface area contributed by atoms with Crippen molar-refractivity contribution in [2.75, 3.05) is 11.4 Å². The summed E-state index contributed by atoms with van der Waals surface area (Å²) in [5, 5.41) is 0. The third-order valence-corrected chi connectivity index (χ3v) is 4.45. The lowest BCUT2D eigenvalue weighted by atomic mass is 9.87. The van der Waals surface area contributed by atoms with Crippen LogP contribution >= 0.6 is 0 Å². The molecule has 1 aromatic carbocycles. The fourth-order valence-electron chi connectivity index (χ4n) is 3.39. The van der Waals surface area contributed by atoms with E-state index in [0.717, 1.165) is 32.2 Å². The number of nitrogens with zero attached hydrogens (tertiary/aromatic N) is 1. The number of hydrogen-bond donors (Lipinski definition) is 0. The molecule has 1 aliphatic heterocycles. The Morgan fingerprint density at radius 1 is 1.28 bits per heavy atom. The van der Waals surface area contributed by atoms with Gasteiger partial charge in [0.25, 0.3) is 0 Å². The third kappa shape index (κ3) is 2.05. The maximum atomic E-state index is 12.0. The molecular formula is C16H21NO. The molecule has 1 aromatic rings. The van der Waals surface area contributed by atoms with Gasteiger partial charge in [-0.25, -0.2) is 0 Å². The normalized spacial score (nSPS) is 27.4. The van der Waals surface area contributed by atoms with Crippen LogP contribution in [-0.2, 0) is 11.2 Å². The molecule has 0 N–H and O–H groups in total. The van der Waals surface area contributed by atoms with E-state index in [1.807, 2.05) is 0 Å². The SMILES string of the molecule is CC1Cc2ccccc2N1CC1CCCCC1=O. The topological polar surface area (TPSA) is 20.3 Å². The lowest BCUT2D eigenvalue weighted by Gasteiger charge is -2.30. The molecule has 1 saturated carbocycles. The highest BCUT2D eigenvalue weighted by Crippen LogP contribution is 2.34. The van der Waals surface area contributed by atoms with Crippen molar-refractivity contribution < 1.29 is 4.79 Å². The van der Waals surface area contributed by atoms with Crippen molar-refractivity contribution in [2.24, 2.45) is 5.92 Å². The van der Waals surface area contributed by atoms with Gasteiger partial charge in [0, 0.05) is 30.6 Å². The minimum atomic E-state index is 0.271. The van der Waals surface area contributed by atoms with Gasteiger partial charge in [0.15, 0.2) is 0 Å². The van der Waals surface area contributed by atoms with Crippen LogP contribution in [0.15, 0.2) is 24.3 Å². The van der Waals surface area contributed by atoms with E-state index in [-0.39, 0.29) is 5.92 Å². The van der Waals surface area contributed by atoms with Crippen LogP contribution in [0, 0.1) is 5.92 Å². The molecule has 2 heteroatoms. The number of ketones is 1. The molecule has 2 nitrogen and oxygen atoms in total. The Morgan fingerprint density at radius 2 is 2.11 bits per heavy atom. The Balaban J connectivity index is 1.78. The Kier molecular flexibility index (Phi) is 3.11. The van der Waals surface area contributed by atoms with Crippen molar-refractivity contribution in [3.05, 3.63) is 29.8 Å². The summed E-state index contributed by atoms with van der Waals surface area (Å²) in [5.41, 5.74) is 2.79. The summed E-state index contributed by atoms with van der Waals surface area (Å²) in [4.78, 5) is 14.4. The van der Waals surface area contributed by atoms with Crippen molar-refractivity contribution in [1.29, 1.82) is 0 Å². The van der Waals surface area contributed by atoms with E-state index >= 15 is 0 Å². The Hall–Kier alpha value is -1.31. The number of benzene rings is 1. The van der Waals surface area contributed by atoms with Crippen LogP contribution in [0.3, 0.4) is 0 Å². The van der Waals surface area contributed by atoms with Crippen LogP contribution in [0.2, 0.25) is 0 Å². The van der Waals surface area contributed by atoms with Gasteiger partial charge in [-0.15, -0.1) is 0 Å². The monoisotopic (exact) mass is 243 g/mol. The van der Waals surface area contributed by atoms with Crippen LogP contribution in [0.1, 0.15) is 38.2 Å². The Bertz CT molecular complexity index is 454. The molecule has 2 aliphatic rings. The van der Waals surface area contributed by atoms with E-state index in [0.29, 0.717) is 11.8 Å². The van der Waals surface area contributed by atoms with Crippen LogP contribution in [0.5, 0.6) is 0 Å². The second-order valence-corrected chi connectivity index (χ2v) is 5.74. The highest BCUT2D eigenvalue weighted by molar-refractivity contribution is 5.82. The summed E-state index contributed by atoms with van der Waals surface area (Å²) in [5.74, 6) is 0.755. The quantitative estimate of drug-likeness (QED) is 0.795. The fraction of sp³-hybridized carbons (Fsp3) is 0.562. The molecule has 0 radical (unpaired) electrons. The van der Waals surface area contributed by atoms with E-state index in [4.69, 9.17) is 0 Å². The van der Waals surface area contributed by atoms with Gasteiger partial charge in [0.05, 0.1) is 0 Å². The second kappa shape index (κ2) is 4.75. The van der Waals surface area contributed by atoms with Gasteiger partial charge in [-0.1, -0.05) is 24.6 Å². The van der Waals surface area contributed by atoms with Gasteiger partial charge in [0.2, 0.25) is 0 Å². The largest absolute Gasteiger partial charge is 0.368 e. The molecule has 0 bridgehead atoms. The molecule has 2 atom stereocenters. The summed E-state index contributed by atoms with van der Waals surface area (Å²) in [7, 11) is 0. The van der Waals surface area contributed by atoms with Crippen molar-refractivity contribution >= 4 is 11.5 Å². The van der Waals surface area contributed by atoms with E-state index in [2.05, 4.69) is 36.1 Å². The van der Waals surface area contributed by atoms with E-state index in [1.54, 1.807) is 0 Å². The number of carbonyl (C=O) groups is 1.